The summed E-state index contributed by atoms with van der Waals surface area (Å²) in [6.45, 7) is 1.99. The van der Waals surface area contributed by atoms with Crippen molar-refractivity contribution in [3.63, 3.8) is 0 Å². The van der Waals surface area contributed by atoms with Gasteiger partial charge in [-0.3, -0.25) is 4.79 Å². The molecule has 2 heterocycles. The van der Waals surface area contributed by atoms with Gasteiger partial charge in [-0.15, -0.1) is 5.10 Å². The highest BCUT2D eigenvalue weighted by atomic mass is 16.5. The zero-order valence-electron chi connectivity index (χ0n) is 15.7. The van der Waals surface area contributed by atoms with Gasteiger partial charge in [0.25, 0.3) is 5.89 Å². The van der Waals surface area contributed by atoms with Crippen LogP contribution >= 0.6 is 0 Å². The third-order valence-corrected chi connectivity index (χ3v) is 4.37. The molecule has 0 aliphatic rings. The molecule has 0 saturated carbocycles. The van der Waals surface area contributed by atoms with Crippen molar-refractivity contribution in [1.29, 1.82) is 0 Å². The number of carbonyl (C=O) groups excluding carboxylic acids is 1. The second kappa shape index (κ2) is 7.93. The molecule has 0 saturated heterocycles. The molecule has 0 fully saturated rings. The van der Waals surface area contributed by atoms with Crippen LogP contribution in [0.5, 0.6) is 0 Å². The van der Waals surface area contributed by atoms with Crippen molar-refractivity contribution in [2.24, 2.45) is 0 Å². The fourth-order valence-corrected chi connectivity index (χ4v) is 2.77. The Bertz CT molecular complexity index is 1120. The molecule has 2 aromatic heterocycles. The van der Waals surface area contributed by atoms with Gasteiger partial charge >= 0.3 is 0 Å². The molecular formula is C20H19N7O2. The Kier molecular flexibility index (Phi) is 5.02. The Morgan fingerprint density at radius 3 is 2.62 bits per heavy atom. The van der Waals surface area contributed by atoms with E-state index in [1.54, 1.807) is 0 Å². The number of amides is 1. The average Bonchev–Trinajstić information content (AvgIpc) is 3.37. The lowest BCUT2D eigenvalue weighted by Crippen LogP contribution is -2.20. The highest BCUT2D eigenvalue weighted by Crippen LogP contribution is 2.24. The molecule has 0 atom stereocenters. The summed E-state index contributed by atoms with van der Waals surface area (Å²) >= 11 is 0. The van der Waals surface area contributed by atoms with E-state index in [0.717, 1.165) is 12.0 Å². The molecule has 146 valence electrons. The van der Waals surface area contributed by atoms with Gasteiger partial charge in [-0.05, 0) is 24.1 Å². The predicted molar refractivity (Wildman–Crippen MR) is 108 cm³/mol. The van der Waals surface area contributed by atoms with Crippen molar-refractivity contribution < 1.29 is 9.32 Å². The van der Waals surface area contributed by atoms with E-state index >= 15 is 0 Å². The van der Waals surface area contributed by atoms with Crippen LogP contribution in [-0.4, -0.2) is 31.0 Å². The van der Waals surface area contributed by atoms with E-state index in [9.17, 15) is 4.79 Å². The molecule has 0 unspecified atom stereocenters. The lowest BCUT2D eigenvalue weighted by Gasteiger charge is -2.06. The molecule has 4 aromatic rings. The normalized spacial score (nSPS) is 10.8. The third-order valence-electron chi connectivity index (χ3n) is 4.37. The molecule has 4 rings (SSSR count). The number of nitrogen functional groups attached to an aromatic ring is 1. The molecule has 9 nitrogen and oxygen atoms in total. The third kappa shape index (κ3) is 3.98. The van der Waals surface area contributed by atoms with Gasteiger partial charge in [0.1, 0.15) is 6.54 Å². The number of nitrogens with one attached hydrogen (secondary N) is 1. The molecule has 29 heavy (non-hydrogen) atoms. The molecule has 0 aliphatic carbocycles. The number of aromatic nitrogens is 5. The van der Waals surface area contributed by atoms with E-state index in [1.807, 2.05) is 54.6 Å². The van der Waals surface area contributed by atoms with Crippen molar-refractivity contribution >= 4 is 17.4 Å². The SMILES string of the molecule is CCc1ccc(NC(=O)Cn2nnc(-c3nc(-c4ccccc4)no3)c2N)cc1. The molecular weight excluding hydrogens is 370 g/mol. The minimum absolute atomic E-state index is 0.0892. The van der Waals surface area contributed by atoms with Crippen molar-refractivity contribution in [1.82, 2.24) is 25.1 Å². The number of rotatable bonds is 6. The number of hydrogen-bond acceptors (Lipinski definition) is 7. The Balaban J connectivity index is 1.47. The standard InChI is InChI=1S/C20H19N7O2/c1-2-13-8-10-15(11-9-13)22-16(28)12-27-18(21)17(24-26-27)20-23-19(25-29-20)14-6-4-3-5-7-14/h3-11H,2,12,21H2,1H3,(H,22,28). The number of anilines is 2. The van der Waals surface area contributed by atoms with Gasteiger partial charge in [0.15, 0.2) is 11.5 Å². The number of benzene rings is 2. The van der Waals surface area contributed by atoms with Crippen molar-refractivity contribution in [2.75, 3.05) is 11.1 Å². The number of nitrogens with two attached hydrogens (primary N) is 1. The summed E-state index contributed by atoms with van der Waals surface area (Å²) in [5, 5.41) is 14.7. The monoisotopic (exact) mass is 389 g/mol. The first kappa shape index (κ1) is 18.4. The number of carbonyl (C=O) groups is 1. The molecule has 9 heteroatoms. The summed E-state index contributed by atoms with van der Waals surface area (Å²) in [5.74, 6) is 0.462. The first-order valence-corrected chi connectivity index (χ1v) is 9.11. The van der Waals surface area contributed by atoms with Gasteiger partial charge in [-0.25, -0.2) is 4.68 Å². The topological polar surface area (TPSA) is 125 Å². The summed E-state index contributed by atoms with van der Waals surface area (Å²) in [7, 11) is 0. The van der Waals surface area contributed by atoms with Gasteiger partial charge in [-0.2, -0.15) is 4.98 Å². The quantitative estimate of drug-likeness (QED) is 0.519. The second-order valence-electron chi connectivity index (χ2n) is 6.37. The molecule has 0 radical (unpaired) electrons. The fourth-order valence-electron chi connectivity index (χ4n) is 2.77. The predicted octanol–water partition coefficient (Wildman–Crippen LogP) is 2.78. The molecule has 2 aromatic carbocycles. The van der Waals surface area contributed by atoms with E-state index < -0.39 is 0 Å². The Morgan fingerprint density at radius 2 is 1.90 bits per heavy atom. The maximum atomic E-state index is 12.3. The summed E-state index contributed by atoms with van der Waals surface area (Å²) in [6.07, 6.45) is 0.939. The van der Waals surface area contributed by atoms with Crippen LogP contribution < -0.4 is 11.1 Å². The second-order valence-corrected chi connectivity index (χ2v) is 6.37. The van der Waals surface area contributed by atoms with E-state index in [2.05, 4.69) is 32.7 Å². The molecule has 3 N–H and O–H groups in total. The van der Waals surface area contributed by atoms with Crippen LogP contribution in [0.15, 0.2) is 59.1 Å². The molecule has 0 bridgehead atoms. The lowest BCUT2D eigenvalue weighted by atomic mass is 10.1. The van der Waals surface area contributed by atoms with Crippen LogP contribution in [0, 0.1) is 0 Å². The van der Waals surface area contributed by atoms with Crippen LogP contribution in [-0.2, 0) is 17.8 Å². The summed E-state index contributed by atoms with van der Waals surface area (Å²) in [4.78, 5) is 16.6. The van der Waals surface area contributed by atoms with E-state index in [0.29, 0.717) is 11.5 Å². The van der Waals surface area contributed by atoms with E-state index in [1.165, 1.54) is 10.2 Å². The van der Waals surface area contributed by atoms with E-state index in [-0.39, 0.29) is 29.9 Å². The van der Waals surface area contributed by atoms with Gasteiger partial charge in [0.2, 0.25) is 11.7 Å². The van der Waals surface area contributed by atoms with Crippen LogP contribution in [0.1, 0.15) is 12.5 Å². The average molecular weight is 389 g/mol. The molecule has 0 aliphatic heterocycles. The summed E-state index contributed by atoms with van der Waals surface area (Å²) in [5.41, 5.74) is 9.04. The van der Waals surface area contributed by atoms with Crippen molar-refractivity contribution in [2.45, 2.75) is 19.9 Å². The molecule has 0 spiro atoms. The maximum Gasteiger partial charge on any atom is 0.282 e. The first-order chi connectivity index (χ1) is 14.1. The minimum Gasteiger partial charge on any atom is -0.382 e. The highest BCUT2D eigenvalue weighted by Gasteiger charge is 2.20. The summed E-state index contributed by atoms with van der Waals surface area (Å²) in [6, 6.07) is 17.0. The van der Waals surface area contributed by atoms with Gasteiger partial charge < -0.3 is 15.6 Å². The Morgan fingerprint density at radius 1 is 1.14 bits per heavy atom. The molecule has 1 amide bonds. The van der Waals surface area contributed by atoms with Crippen LogP contribution in [0.25, 0.3) is 23.0 Å². The van der Waals surface area contributed by atoms with Gasteiger partial charge in [0.05, 0.1) is 0 Å². The Hall–Kier alpha value is -4.01. The first-order valence-electron chi connectivity index (χ1n) is 9.11. The Labute approximate surface area is 166 Å². The van der Waals surface area contributed by atoms with Gasteiger partial charge in [0, 0.05) is 11.3 Å². The van der Waals surface area contributed by atoms with Crippen molar-refractivity contribution in [3.8, 4) is 23.0 Å². The number of nitrogens with zero attached hydrogens (tertiary/aromatic N) is 5. The zero-order valence-corrected chi connectivity index (χ0v) is 15.7. The van der Waals surface area contributed by atoms with Gasteiger partial charge in [-0.1, -0.05) is 59.8 Å². The zero-order chi connectivity index (χ0) is 20.2. The van der Waals surface area contributed by atoms with E-state index in [4.69, 9.17) is 10.3 Å². The van der Waals surface area contributed by atoms with Crippen molar-refractivity contribution in [3.05, 3.63) is 60.2 Å². The fraction of sp³-hybridized carbons (Fsp3) is 0.150. The number of aryl methyl sites for hydroxylation is 1. The van der Waals surface area contributed by atoms with Crippen LogP contribution in [0.3, 0.4) is 0 Å². The smallest absolute Gasteiger partial charge is 0.282 e. The highest BCUT2D eigenvalue weighted by molar-refractivity contribution is 5.90. The lowest BCUT2D eigenvalue weighted by molar-refractivity contribution is -0.116. The maximum absolute atomic E-state index is 12.3. The largest absolute Gasteiger partial charge is 0.382 e. The number of hydrogen-bond donors (Lipinski definition) is 2. The van der Waals surface area contributed by atoms with Crippen LogP contribution in [0.2, 0.25) is 0 Å². The van der Waals surface area contributed by atoms with Crippen LogP contribution in [0.4, 0.5) is 11.5 Å². The summed E-state index contributed by atoms with van der Waals surface area (Å²) < 4.78 is 6.55. The minimum atomic E-state index is -0.270.